The number of aryl methyl sites for hydroxylation is 2. The average molecular weight is 512 g/mol. The van der Waals surface area contributed by atoms with E-state index in [-0.39, 0.29) is 35.4 Å². The molecule has 0 aromatic carbocycles. The van der Waals surface area contributed by atoms with Crippen molar-refractivity contribution in [1.29, 1.82) is 0 Å². The van der Waals surface area contributed by atoms with Crippen molar-refractivity contribution in [3.8, 4) is 0 Å². The second-order valence-electron chi connectivity index (χ2n) is 5.60. The molecule has 2 heterocycles. The average Bonchev–Trinajstić information content (AvgIpc) is 3.16. The lowest BCUT2D eigenvalue weighted by atomic mass is 10.4. The zero-order chi connectivity index (χ0) is 18.4. The zero-order valence-electron chi connectivity index (χ0n) is 15.3. The van der Waals surface area contributed by atoms with Crippen LogP contribution in [0.25, 0.3) is 0 Å². The molecule has 2 aromatic rings. The van der Waals surface area contributed by atoms with Gasteiger partial charge in [-0.3, -0.25) is 4.99 Å². The molecule has 11 heteroatoms. The molecule has 2 rings (SSSR count). The lowest BCUT2D eigenvalue weighted by Gasteiger charge is -2.21. The van der Waals surface area contributed by atoms with Gasteiger partial charge in [0.25, 0.3) is 0 Å². The normalized spacial score (nSPS) is 11.9. The first-order chi connectivity index (χ1) is 11.8. The monoisotopic (exact) mass is 512 g/mol. The highest BCUT2D eigenvalue weighted by atomic mass is 127. The van der Waals surface area contributed by atoms with Crippen LogP contribution in [0.4, 0.5) is 0 Å². The van der Waals surface area contributed by atoms with Gasteiger partial charge in [0, 0.05) is 52.0 Å². The van der Waals surface area contributed by atoms with Gasteiger partial charge < -0.3 is 14.8 Å². The fraction of sp³-hybridized carbons (Fsp3) is 0.467. The van der Waals surface area contributed by atoms with E-state index in [2.05, 4.69) is 20.0 Å². The quantitative estimate of drug-likeness (QED) is 0.253. The minimum atomic E-state index is -3.48. The van der Waals surface area contributed by atoms with Gasteiger partial charge in [-0.15, -0.1) is 35.3 Å². The summed E-state index contributed by atoms with van der Waals surface area (Å²) in [5.41, 5.74) is 0.984. The molecule has 0 fully saturated rings. The van der Waals surface area contributed by atoms with Crippen molar-refractivity contribution in [2.75, 3.05) is 27.2 Å². The summed E-state index contributed by atoms with van der Waals surface area (Å²) < 4.78 is 28.5. The third kappa shape index (κ3) is 6.52. The van der Waals surface area contributed by atoms with Crippen molar-refractivity contribution in [2.24, 2.45) is 12.0 Å². The van der Waals surface area contributed by atoms with Crippen LogP contribution in [-0.2, 0) is 23.6 Å². The third-order valence-corrected chi connectivity index (χ3v) is 5.72. The summed E-state index contributed by atoms with van der Waals surface area (Å²) in [5.74, 6) is 0.685. The van der Waals surface area contributed by atoms with Crippen LogP contribution in [0.15, 0.2) is 33.7 Å². The molecule has 2 N–H and O–H groups in total. The first-order valence-corrected chi connectivity index (χ1v) is 10.1. The largest absolute Gasteiger partial charge is 0.356 e. The first-order valence-electron chi connectivity index (χ1n) is 7.76. The summed E-state index contributed by atoms with van der Waals surface area (Å²) in [5, 5.41) is 6.20. The van der Waals surface area contributed by atoms with Gasteiger partial charge in [-0.05, 0) is 13.0 Å². The van der Waals surface area contributed by atoms with E-state index < -0.39 is 10.0 Å². The second kappa shape index (κ2) is 10.2. The number of aromatic nitrogens is 2. The Labute approximate surface area is 175 Å². The predicted molar refractivity (Wildman–Crippen MR) is 116 cm³/mol. The van der Waals surface area contributed by atoms with E-state index in [1.807, 2.05) is 24.3 Å². The summed E-state index contributed by atoms with van der Waals surface area (Å²) in [4.78, 5) is 10.8. The SMILES string of the molecule is CN=C(NCCNS(=O)(=O)c1ccn(C)c1)N(C)Cc1csc(C)n1.I. The van der Waals surface area contributed by atoms with E-state index in [1.165, 1.54) is 0 Å². The molecule has 26 heavy (non-hydrogen) atoms. The number of sulfonamides is 1. The summed E-state index contributed by atoms with van der Waals surface area (Å²) in [6.07, 6.45) is 3.27. The molecule has 0 saturated carbocycles. The van der Waals surface area contributed by atoms with Gasteiger partial charge in [0.2, 0.25) is 10.0 Å². The fourth-order valence-electron chi connectivity index (χ4n) is 2.26. The van der Waals surface area contributed by atoms with Gasteiger partial charge in [0.1, 0.15) is 0 Å². The van der Waals surface area contributed by atoms with Gasteiger partial charge >= 0.3 is 0 Å². The Kier molecular flexibility index (Phi) is 9.00. The van der Waals surface area contributed by atoms with E-state index in [1.54, 1.807) is 48.5 Å². The van der Waals surface area contributed by atoms with Crippen molar-refractivity contribution in [3.05, 3.63) is 34.5 Å². The lowest BCUT2D eigenvalue weighted by molar-refractivity contribution is 0.471. The number of guanidine groups is 1. The number of rotatable bonds is 7. The van der Waals surface area contributed by atoms with Crippen molar-refractivity contribution in [1.82, 2.24) is 24.5 Å². The molecule has 0 aliphatic heterocycles. The van der Waals surface area contributed by atoms with E-state index in [4.69, 9.17) is 0 Å². The molecule has 2 aromatic heterocycles. The van der Waals surface area contributed by atoms with Crippen LogP contribution >= 0.6 is 35.3 Å². The van der Waals surface area contributed by atoms with Crippen LogP contribution in [0.5, 0.6) is 0 Å². The highest BCUT2D eigenvalue weighted by Gasteiger charge is 2.14. The molecule has 146 valence electrons. The fourth-order valence-corrected chi connectivity index (χ4v) is 3.95. The molecule has 0 unspecified atom stereocenters. The van der Waals surface area contributed by atoms with Crippen LogP contribution < -0.4 is 10.0 Å². The molecule has 0 aliphatic carbocycles. The highest BCUT2D eigenvalue weighted by Crippen LogP contribution is 2.10. The topological polar surface area (TPSA) is 91.6 Å². The van der Waals surface area contributed by atoms with Crippen LogP contribution in [-0.4, -0.2) is 56.0 Å². The minimum absolute atomic E-state index is 0. The molecule has 0 bridgehead atoms. The maximum atomic E-state index is 12.1. The Morgan fingerprint density at radius 1 is 1.42 bits per heavy atom. The number of aliphatic imine (C=N–C) groups is 1. The number of halogens is 1. The van der Waals surface area contributed by atoms with E-state index in [0.29, 0.717) is 19.0 Å². The Morgan fingerprint density at radius 3 is 2.69 bits per heavy atom. The molecular formula is C15H25IN6O2S2. The first kappa shape index (κ1) is 22.9. The summed E-state index contributed by atoms with van der Waals surface area (Å²) in [6.45, 7) is 3.30. The van der Waals surface area contributed by atoms with Gasteiger partial charge in [0.15, 0.2) is 5.96 Å². The molecule has 0 spiro atoms. The lowest BCUT2D eigenvalue weighted by Crippen LogP contribution is -2.42. The van der Waals surface area contributed by atoms with Crippen molar-refractivity contribution in [3.63, 3.8) is 0 Å². The van der Waals surface area contributed by atoms with Crippen LogP contribution in [0, 0.1) is 6.92 Å². The Balaban J connectivity index is 0.00000338. The number of hydrogen-bond donors (Lipinski definition) is 2. The maximum Gasteiger partial charge on any atom is 0.242 e. The Hall–Kier alpha value is -1.18. The number of thiazole rings is 1. The van der Waals surface area contributed by atoms with Gasteiger partial charge in [-0.1, -0.05) is 0 Å². The Morgan fingerprint density at radius 2 is 2.15 bits per heavy atom. The van der Waals surface area contributed by atoms with E-state index in [9.17, 15) is 8.42 Å². The molecule has 0 saturated heterocycles. The molecule has 0 amide bonds. The molecule has 0 atom stereocenters. The number of nitrogens with zero attached hydrogens (tertiary/aromatic N) is 4. The van der Waals surface area contributed by atoms with Crippen molar-refractivity contribution < 1.29 is 8.42 Å². The number of nitrogens with one attached hydrogen (secondary N) is 2. The smallest absolute Gasteiger partial charge is 0.242 e. The summed E-state index contributed by atoms with van der Waals surface area (Å²) in [7, 11) is 1.91. The van der Waals surface area contributed by atoms with Gasteiger partial charge in [0.05, 0.1) is 22.1 Å². The molecular weight excluding hydrogens is 487 g/mol. The third-order valence-electron chi connectivity index (χ3n) is 3.45. The maximum absolute atomic E-state index is 12.1. The van der Waals surface area contributed by atoms with Gasteiger partial charge in [-0.25, -0.2) is 18.1 Å². The predicted octanol–water partition coefficient (Wildman–Crippen LogP) is 1.39. The van der Waals surface area contributed by atoms with E-state index >= 15 is 0 Å². The van der Waals surface area contributed by atoms with Crippen LogP contribution in [0.1, 0.15) is 10.7 Å². The highest BCUT2D eigenvalue weighted by molar-refractivity contribution is 14.0. The zero-order valence-corrected chi connectivity index (χ0v) is 19.2. The Bertz CT molecular complexity index is 831. The number of hydrogen-bond acceptors (Lipinski definition) is 5. The second-order valence-corrected chi connectivity index (χ2v) is 8.43. The van der Waals surface area contributed by atoms with E-state index in [0.717, 1.165) is 10.7 Å². The van der Waals surface area contributed by atoms with Crippen molar-refractivity contribution in [2.45, 2.75) is 18.4 Å². The molecule has 0 radical (unpaired) electrons. The minimum Gasteiger partial charge on any atom is -0.356 e. The van der Waals surface area contributed by atoms with Crippen molar-refractivity contribution >= 4 is 51.3 Å². The summed E-state index contributed by atoms with van der Waals surface area (Å²) in [6, 6.07) is 1.57. The standard InChI is InChI=1S/C15H24N6O2S2.HI/c1-12-19-13(11-24-12)9-21(4)15(16-2)17-6-7-18-25(22,23)14-5-8-20(3)10-14;/h5,8,10-11,18H,6-7,9H2,1-4H3,(H,16,17);1H. The van der Waals surface area contributed by atoms with Crippen LogP contribution in [0.3, 0.4) is 0 Å². The molecule has 0 aliphatic rings. The van der Waals surface area contributed by atoms with Crippen LogP contribution in [0.2, 0.25) is 0 Å². The van der Waals surface area contributed by atoms with Gasteiger partial charge in [-0.2, -0.15) is 0 Å². The summed E-state index contributed by atoms with van der Waals surface area (Å²) >= 11 is 1.61. The molecule has 8 nitrogen and oxygen atoms in total.